The first-order valence-electron chi connectivity index (χ1n) is 6.24. The molecule has 0 atom stereocenters. The van der Waals surface area contributed by atoms with Crippen molar-refractivity contribution in [2.75, 3.05) is 6.61 Å². The lowest BCUT2D eigenvalue weighted by Crippen LogP contribution is -2.35. The molecular weight excluding hydrogens is 218 g/mol. The number of amides is 1. The molecule has 4 heteroatoms. The molecule has 1 N–H and O–H groups in total. The third-order valence-electron chi connectivity index (χ3n) is 2.97. The van der Waals surface area contributed by atoms with Crippen molar-refractivity contribution in [3.63, 3.8) is 0 Å². The molecule has 96 valence electrons. The molecule has 1 aliphatic carbocycles. The second kappa shape index (κ2) is 7.09. The summed E-state index contributed by atoms with van der Waals surface area (Å²) in [4.78, 5) is 22.0. The maximum absolute atomic E-state index is 11.1. The minimum Gasteiger partial charge on any atom is -0.463 e. The Morgan fingerprint density at radius 3 is 2.47 bits per heavy atom. The zero-order valence-corrected chi connectivity index (χ0v) is 10.6. The number of carbonyl (C=O) groups excluding carboxylic acids is 2. The van der Waals surface area contributed by atoms with Crippen molar-refractivity contribution in [1.82, 2.24) is 5.32 Å². The van der Waals surface area contributed by atoms with Crippen molar-refractivity contribution in [1.29, 1.82) is 0 Å². The fourth-order valence-corrected chi connectivity index (χ4v) is 2.15. The van der Waals surface area contributed by atoms with Crippen LogP contribution in [-0.2, 0) is 14.3 Å². The van der Waals surface area contributed by atoms with Crippen LogP contribution in [0.3, 0.4) is 0 Å². The van der Waals surface area contributed by atoms with Gasteiger partial charge in [0.05, 0.1) is 6.61 Å². The maximum atomic E-state index is 11.1. The lowest BCUT2D eigenvalue weighted by atomic mass is 9.86. The van der Waals surface area contributed by atoms with Crippen molar-refractivity contribution >= 4 is 11.9 Å². The summed E-state index contributed by atoms with van der Waals surface area (Å²) in [5.41, 5.74) is 0. The Morgan fingerprint density at radius 1 is 1.29 bits per heavy atom. The number of hydrogen-bond acceptors (Lipinski definition) is 3. The summed E-state index contributed by atoms with van der Waals surface area (Å²) in [6.45, 7) is 3.76. The SMILES string of the molecule is CCOC(=O)/C=C/[C@H]1CC[C@H](NC(C)=O)CC1. The van der Waals surface area contributed by atoms with Crippen LogP contribution in [0.5, 0.6) is 0 Å². The van der Waals surface area contributed by atoms with Crippen LogP contribution < -0.4 is 5.32 Å². The molecule has 0 aromatic heterocycles. The van der Waals surface area contributed by atoms with Crippen LogP contribution in [0.25, 0.3) is 0 Å². The molecule has 0 spiro atoms. The molecule has 17 heavy (non-hydrogen) atoms. The molecule has 0 aromatic carbocycles. The van der Waals surface area contributed by atoms with Crippen LogP contribution in [0, 0.1) is 5.92 Å². The molecule has 1 aliphatic rings. The van der Waals surface area contributed by atoms with Gasteiger partial charge in [0.1, 0.15) is 0 Å². The molecule has 0 radical (unpaired) electrons. The van der Waals surface area contributed by atoms with Crippen LogP contribution in [0.15, 0.2) is 12.2 Å². The molecule has 0 aromatic rings. The molecule has 0 aliphatic heterocycles. The van der Waals surface area contributed by atoms with E-state index in [2.05, 4.69) is 5.32 Å². The Bertz CT molecular complexity index is 291. The number of carbonyl (C=O) groups is 2. The monoisotopic (exact) mass is 239 g/mol. The first-order valence-corrected chi connectivity index (χ1v) is 6.24. The smallest absolute Gasteiger partial charge is 0.330 e. The Hall–Kier alpha value is -1.32. The summed E-state index contributed by atoms with van der Waals surface area (Å²) >= 11 is 0. The van der Waals surface area contributed by atoms with Crippen LogP contribution >= 0.6 is 0 Å². The van der Waals surface area contributed by atoms with E-state index in [1.165, 1.54) is 6.08 Å². The Kier molecular flexibility index (Phi) is 5.73. The molecule has 0 heterocycles. The van der Waals surface area contributed by atoms with Crippen LogP contribution in [0.2, 0.25) is 0 Å². The number of nitrogens with one attached hydrogen (secondary N) is 1. The van der Waals surface area contributed by atoms with E-state index >= 15 is 0 Å². The lowest BCUT2D eigenvalue weighted by molar-refractivity contribution is -0.137. The number of ether oxygens (including phenoxy) is 1. The van der Waals surface area contributed by atoms with E-state index in [1.807, 2.05) is 6.08 Å². The second-order valence-electron chi connectivity index (χ2n) is 4.42. The summed E-state index contributed by atoms with van der Waals surface area (Å²) < 4.78 is 4.82. The van der Waals surface area contributed by atoms with E-state index in [0.717, 1.165) is 25.7 Å². The summed E-state index contributed by atoms with van der Waals surface area (Å²) in [5, 5.41) is 2.93. The Morgan fingerprint density at radius 2 is 1.94 bits per heavy atom. The minimum atomic E-state index is -0.267. The highest BCUT2D eigenvalue weighted by Gasteiger charge is 2.19. The van der Waals surface area contributed by atoms with E-state index in [1.54, 1.807) is 13.8 Å². The predicted molar refractivity (Wildman–Crippen MR) is 65.3 cm³/mol. The van der Waals surface area contributed by atoms with Gasteiger partial charge >= 0.3 is 5.97 Å². The molecular formula is C13H21NO3. The highest BCUT2D eigenvalue weighted by Crippen LogP contribution is 2.25. The third kappa shape index (κ3) is 5.52. The zero-order valence-electron chi connectivity index (χ0n) is 10.6. The molecule has 0 bridgehead atoms. The maximum Gasteiger partial charge on any atom is 0.330 e. The van der Waals surface area contributed by atoms with Gasteiger partial charge in [-0.05, 0) is 38.5 Å². The zero-order chi connectivity index (χ0) is 12.7. The van der Waals surface area contributed by atoms with Crippen molar-refractivity contribution in [2.45, 2.75) is 45.6 Å². The largest absolute Gasteiger partial charge is 0.463 e. The van der Waals surface area contributed by atoms with E-state index in [9.17, 15) is 9.59 Å². The number of esters is 1. The van der Waals surface area contributed by atoms with Gasteiger partial charge in [0.2, 0.25) is 5.91 Å². The summed E-state index contributed by atoms with van der Waals surface area (Å²) in [5.74, 6) is 0.205. The average molecular weight is 239 g/mol. The number of allylic oxidation sites excluding steroid dienone is 1. The Labute approximate surface area is 102 Å². The molecule has 0 saturated heterocycles. The van der Waals surface area contributed by atoms with E-state index in [0.29, 0.717) is 18.6 Å². The standard InChI is InChI=1S/C13H21NO3/c1-3-17-13(16)9-6-11-4-7-12(8-5-11)14-10(2)15/h6,9,11-12H,3-5,7-8H2,1-2H3,(H,14,15)/b9-6+/t11-,12-. The van der Waals surface area contributed by atoms with Gasteiger partial charge in [-0.2, -0.15) is 0 Å². The Balaban J connectivity index is 2.27. The van der Waals surface area contributed by atoms with Gasteiger partial charge in [-0.15, -0.1) is 0 Å². The second-order valence-corrected chi connectivity index (χ2v) is 4.42. The first-order chi connectivity index (χ1) is 8.11. The van der Waals surface area contributed by atoms with E-state index in [4.69, 9.17) is 4.74 Å². The molecule has 4 nitrogen and oxygen atoms in total. The highest BCUT2D eigenvalue weighted by molar-refractivity contribution is 5.81. The lowest BCUT2D eigenvalue weighted by Gasteiger charge is -2.26. The number of rotatable bonds is 4. The van der Waals surface area contributed by atoms with Gasteiger partial charge in [0, 0.05) is 19.0 Å². The number of hydrogen-bond donors (Lipinski definition) is 1. The molecule has 1 fully saturated rings. The van der Waals surface area contributed by atoms with Crippen LogP contribution in [-0.4, -0.2) is 24.5 Å². The van der Waals surface area contributed by atoms with Gasteiger partial charge in [-0.3, -0.25) is 4.79 Å². The van der Waals surface area contributed by atoms with Crippen molar-refractivity contribution in [2.24, 2.45) is 5.92 Å². The quantitative estimate of drug-likeness (QED) is 0.601. The molecule has 0 unspecified atom stereocenters. The van der Waals surface area contributed by atoms with Crippen molar-refractivity contribution in [3.05, 3.63) is 12.2 Å². The fraction of sp³-hybridized carbons (Fsp3) is 0.692. The van der Waals surface area contributed by atoms with Crippen molar-refractivity contribution < 1.29 is 14.3 Å². The van der Waals surface area contributed by atoms with Crippen LogP contribution in [0.4, 0.5) is 0 Å². The van der Waals surface area contributed by atoms with Gasteiger partial charge < -0.3 is 10.1 Å². The highest BCUT2D eigenvalue weighted by atomic mass is 16.5. The van der Waals surface area contributed by atoms with Crippen LogP contribution in [0.1, 0.15) is 39.5 Å². The summed E-state index contributed by atoms with van der Waals surface area (Å²) in [7, 11) is 0. The third-order valence-corrected chi connectivity index (χ3v) is 2.97. The minimum absolute atomic E-state index is 0.0375. The summed E-state index contributed by atoms with van der Waals surface area (Å²) in [6.07, 6.45) is 7.45. The van der Waals surface area contributed by atoms with Gasteiger partial charge in [-0.25, -0.2) is 4.79 Å². The van der Waals surface area contributed by atoms with Crippen molar-refractivity contribution in [3.8, 4) is 0 Å². The molecule has 1 rings (SSSR count). The normalized spacial score (nSPS) is 24.6. The van der Waals surface area contributed by atoms with Gasteiger partial charge in [0.15, 0.2) is 0 Å². The summed E-state index contributed by atoms with van der Waals surface area (Å²) in [6, 6.07) is 0.305. The predicted octanol–water partition coefficient (Wildman–Crippen LogP) is 1.80. The molecule has 1 saturated carbocycles. The van der Waals surface area contributed by atoms with Gasteiger partial charge in [-0.1, -0.05) is 6.08 Å². The van der Waals surface area contributed by atoms with E-state index < -0.39 is 0 Å². The average Bonchev–Trinajstić information content (AvgIpc) is 2.28. The van der Waals surface area contributed by atoms with Gasteiger partial charge in [0.25, 0.3) is 0 Å². The molecule has 1 amide bonds. The van der Waals surface area contributed by atoms with E-state index in [-0.39, 0.29) is 11.9 Å². The fourth-order valence-electron chi connectivity index (χ4n) is 2.15. The topological polar surface area (TPSA) is 55.4 Å². The first kappa shape index (κ1) is 13.7.